The van der Waals surface area contributed by atoms with Crippen LogP contribution in [-0.4, -0.2) is 32.5 Å². The fourth-order valence-corrected chi connectivity index (χ4v) is 9.68. The van der Waals surface area contributed by atoms with Gasteiger partial charge in [0, 0.05) is 18.9 Å². The standard InChI is InChI=1S/C31H33FO5Si/c1-22(33)35-29(23-14-8-5-9-15-23)30(34)36-24-20-27(32)28(21-24)37-38(31(2,3)4,25-16-10-6-11-17-25)26-18-12-7-13-19-26/h5-20,24,28-29H,21H2,1-4H3/t24-,28-,29-/m1/s1. The van der Waals surface area contributed by atoms with E-state index in [4.69, 9.17) is 13.9 Å². The van der Waals surface area contributed by atoms with Crippen LogP contribution in [0.4, 0.5) is 4.39 Å². The Balaban J connectivity index is 1.61. The van der Waals surface area contributed by atoms with Crippen LogP contribution in [0, 0.1) is 0 Å². The summed E-state index contributed by atoms with van der Waals surface area (Å²) in [5.41, 5.74) is 0.482. The molecule has 198 valence electrons. The topological polar surface area (TPSA) is 61.8 Å². The average molecular weight is 533 g/mol. The molecule has 0 spiro atoms. The molecule has 0 bridgehead atoms. The molecular formula is C31H33FO5Si. The molecule has 3 atom stereocenters. The molecule has 1 aliphatic rings. The Hall–Kier alpha value is -3.55. The quantitative estimate of drug-likeness (QED) is 0.287. The molecule has 0 radical (unpaired) electrons. The van der Waals surface area contributed by atoms with Gasteiger partial charge in [-0.3, -0.25) is 4.79 Å². The van der Waals surface area contributed by atoms with E-state index in [1.54, 1.807) is 30.3 Å². The Morgan fingerprint density at radius 3 is 1.84 bits per heavy atom. The zero-order valence-electron chi connectivity index (χ0n) is 22.1. The minimum Gasteiger partial charge on any atom is -0.455 e. The molecule has 4 rings (SSSR count). The molecule has 0 N–H and O–H groups in total. The second kappa shape index (κ2) is 11.5. The fourth-order valence-electron chi connectivity index (χ4n) is 5.02. The lowest BCUT2D eigenvalue weighted by Gasteiger charge is -2.44. The van der Waals surface area contributed by atoms with Crippen molar-refractivity contribution in [3.8, 4) is 0 Å². The highest BCUT2D eigenvalue weighted by Crippen LogP contribution is 2.40. The van der Waals surface area contributed by atoms with Gasteiger partial charge in [-0.25, -0.2) is 9.18 Å². The van der Waals surface area contributed by atoms with Gasteiger partial charge in [-0.1, -0.05) is 112 Å². The number of carbonyl (C=O) groups excluding carboxylic acids is 2. The van der Waals surface area contributed by atoms with Crippen molar-refractivity contribution in [2.75, 3.05) is 0 Å². The molecular weight excluding hydrogens is 499 g/mol. The van der Waals surface area contributed by atoms with Gasteiger partial charge in [-0.05, 0) is 21.5 Å². The number of benzene rings is 3. The maximum atomic E-state index is 15.5. The van der Waals surface area contributed by atoms with E-state index in [0.29, 0.717) is 5.56 Å². The van der Waals surface area contributed by atoms with Gasteiger partial charge in [-0.2, -0.15) is 0 Å². The first kappa shape index (κ1) is 27.5. The van der Waals surface area contributed by atoms with Crippen molar-refractivity contribution in [3.05, 3.63) is 108 Å². The molecule has 5 nitrogen and oxygen atoms in total. The van der Waals surface area contributed by atoms with Crippen molar-refractivity contribution < 1.29 is 27.9 Å². The van der Waals surface area contributed by atoms with Crippen LogP contribution in [0.25, 0.3) is 0 Å². The van der Waals surface area contributed by atoms with E-state index >= 15 is 4.39 Å². The van der Waals surface area contributed by atoms with Gasteiger partial charge in [0.2, 0.25) is 6.10 Å². The molecule has 38 heavy (non-hydrogen) atoms. The smallest absolute Gasteiger partial charge is 0.352 e. The third-order valence-corrected chi connectivity index (χ3v) is 11.7. The van der Waals surface area contributed by atoms with E-state index in [1.807, 2.05) is 60.7 Å². The molecule has 3 aromatic rings. The van der Waals surface area contributed by atoms with Crippen LogP contribution in [0.5, 0.6) is 0 Å². The number of hydrogen-bond acceptors (Lipinski definition) is 5. The first-order chi connectivity index (χ1) is 18.1. The maximum absolute atomic E-state index is 15.5. The highest BCUT2D eigenvalue weighted by molar-refractivity contribution is 6.99. The largest absolute Gasteiger partial charge is 0.455 e. The fraction of sp³-hybridized carbons (Fsp3) is 0.290. The maximum Gasteiger partial charge on any atom is 0.352 e. The lowest BCUT2D eigenvalue weighted by atomic mass is 10.1. The third-order valence-electron chi connectivity index (χ3n) is 6.70. The van der Waals surface area contributed by atoms with Gasteiger partial charge in [0.05, 0.1) is 0 Å². The number of halogens is 1. The average Bonchev–Trinajstić information content (AvgIpc) is 3.24. The lowest BCUT2D eigenvalue weighted by Crippen LogP contribution is -2.67. The summed E-state index contributed by atoms with van der Waals surface area (Å²) in [4.78, 5) is 24.7. The van der Waals surface area contributed by atoms with Crippen molar-refractivity contribution in [2.45, 2.75) is 57.5 Å². The molecule has 0 fully saturated rings. The summed E-state index contributed by atoms with van der Waals surface area (Å²) in [6, 6.07) is 28.6. The Labute approximate surface area is 224 Å². The summed E-state index contributed by atoms with van der Waals surface area (Å²) in [5, 5.41) is 1.73. The van der Waals surface area contributed by atoms with Gasteiger partial charge in [0.1, 0.15) is 18.0 Å². The highest BCUT2D eigenvalue weighted by Gasteiger charge is 2.52. The molecule has 3 aromatic carbocycles. The van der Waals surface area contributed by atoms with Crippen LogP contribution in [-0.2, 0) is 23.5 Å². The minimum absolute atomic E-state index is 0.129. The SMILES string of the molecule is CC(=O)O[C@@H](C(=O)O[C@@H]1C=C(F)[C@H](O[Si](c2ccccc2)(c2ccccc2)C(C)(C)C)C1)c1ccccc1. The van der Waals surface area contributed by atoms with Crippen LogP contribution >= 0.6 is 0 Å². The number of ether oxygens (including phenoxy) is 2. The summed E-state index contributed by atoms with van der Waals surface area (Å²) < 4.78 is 33.2. The second-order valence-electron chi connectivity index (χ2n) is 10.4. The minimum atomic E-state index is -3.01. The van der Waals surface area contributed by atoms with Crippen molar-refractivity contribution in [2.24, 2.45) is 0 Å². The van der Waals surface area contributed by atoms with Crippen molar-refractivity contribution >= 4 is 30.6 Å². The van der Waals surface area contributed by atoms with E-state index in [2.05, 4.69) is 20.8 Å². The summed E-state index contributed by atoms with van der Waals surface area (Å²) in [7, 11) is -3.01. The lowest BCUT2D eigenvalue weighted by molar-refractivity contribution is -0.169. The van der Waals surface area contributed by atoms with E-state index in [1.165, 1.54) is 13.0 Å². The van der Waals surface area contributed by atoms with Crippen molar-refractivity contribution in [3.63, 3.8) is 0 Å². The Morgan fingerprint density at radius 2 is 1.37 bits per heavy atom. The molecule has 0 aliphatic heterocycles. The second-order valence-corrected chi connectivity index (χ2v) is 14.7. The monoisotopic (exact) mass is 532 g/mol. The van der Waals surface area contributed by atoms with Crippen LogP contribution < -0.4 is 10.4 Å². The Kier molecular flexibility index (Phi) is 8.28. The predicted octanol–water partition coefficient (Wildman–Crippen LogP) is 5.40. The zero-order valence-corrected chi connectivity index (χ0v) is 23.1. The molecule has 0 amide bonds. The van der Waals surface area contributed by atoms with Gasteiger partial charge < -0.3 is 13.9 Å². The van der Waals surface area contributed by atoms with E-state index < -0.39 is 44.4 Å². The third kappa shape index (κ3) is 5.79. The van der Waals surface area contributed by atoms with Crippen molar-refractivity contribution in [1.82, 2.24) is 0 Å². The Morgan fingerprint density at radius 1 is 0.868 bits per heavy atom. The van der Waals surface area contributed by atoms with Crippen LogP contribution in [0.15, 0.2) is 103 Å². The molecule has 0 unspecified atom stereocenters. The predicted molar refractivity (Wildman–Crippen MR) is 147 cm³/mol. The molecule has 7 heteroatoms. The Bertz CT molecular complexity index is 1230. The van der Waals surface area contributed by atoms with Gasteiger partial charge >= 0.3 is 11.9 Å². The molecule has 0 saturated heterocycles. The number of rotatable bonds is 8. The number of esters is 2. The summed E-state index contributed by atoms with van der Waals surface area (Å²) in [6.07, 6.45) is -1.56. The molecule has 1 aliphatic carbocycles. The molecule has 0 heterocycles. The van der Waals surface area contributed by atoms with Crippen LogP contribution in [0.1, 0.15) is 45.8 Å². The summed E-state index contributed by atoms with van der Waals surface area (Å²) in [5.74, 6) is -1.84. The number of carbonyl (C=O) groups is 2. The molecule has 0 saturated carbocycles. The summed E-state index contributed by atoms with van der Waals surface area (Å²) >= 11 is 0. The number of hydrogen-bond donors (Lipinski definition) is 0. The first-order valence-electron chi connectivity index (χ1n) is 12.7. The van der Waals surface area contributed by atoms with Crippen molar-refractivity contribution in [1.29, 1.82) is 0 Å². The van der Waals surface area contributed by atoms with Crippen LogP contribution in [0.2, 0.25) is 5.04 Å². The van der Waals surface area contributed by atoms with E-state index in [0.717, 1.165) is 10.4 Å². The first-order valence-corrected chi connectivity index (χ1v) is 14.6. The highest BCUT2D eigenvalue weighted by atomic mass is 28.4. The van der Waals surface area contributed by atoms with E-state index in [9.17, 15) is 9.59 Å². The van der Waals surface area contributed by atoms with E-state index in [-0.39, 0.29) is 11.5 Å². The van der Waals surface area contributed by atoms with Gasteiger partial charge in [-0.15, -0.1) is 0 Å². The van der Waals surface area contributed by atoms with Crippen LogP contribution in [0.3, 0.4) is 0 Å². The van der Waals surface area contributed by atoms with Gasteiger partial charge in [0.15, 0.2) is 0 Å². The summed E-state index contributed by atoms with van der Waals surface area (Å²) in [6.45, 7) is 7.59. The molecule has 0 aromatic heterocycles. The zero-order chi connectivity index (χ0) is 27.3. The normalized spacial score (nSPS) is 18.4. The van der Waals surface area contributed by atoms with Gasteiger partial charge in [0.25, 0.3) is 8.32 Å².